The number of esters is 2. The van der Waals surface area contributed by atoms with Gasteiger partial charge in [-0.15, -0.1) is 0 Å². The lowest BCUT2D eigenvalue weighted by Gasteiger charge is -2.05. The summed E-state index contributed by atoms with van der Waals surface area (Å²) in [5, 5.41) is 0. The number of hydrogen-bond donors (Lipinski definition) is 0. The van der Waals surface area contributed by atoms with Crippen molar-refractivity contribution in [3.05, 3.63) is 0 Å². The largest absolute Gasteiger partial charge is 0.466 e. The molecule has 0 saturated carbocycles. The van der Waals surface area contributed by atoms with E-state index in [1.54, 1.807) is 0 Å². The van der Waals surface area contributed by atoms with Gasteiger partial charge in [0.05, 0.1) is 13.2 Å². The highest BCUT2D eigenvalue weighted by molar-refractivity contribution is 5.69. The molecule has 0 heterocycles. The Hall–Kier alpha value is -1.06. The average Bonchev–Trinajstić information content (AvgIpc) is 2.59. The Kier molecular flexibility index (Phi) is 18.5. The highest BCUT2D eigenvalue weighted by atomic mass is 16.5. The van der Waals surface area contributed by atoms with Crippen LogP contribution in [0.2, 0.25) is 0 Å². The molecule has 0 fully saturated rings. The van der Waals surface area contributed by atoms with Gasteiger partial charge in [0.2, 0.25) is 0 Å². The zero-order valence-electron chi connectivity index (χ0n) is 16.7. The van der Waals surface area contributed by atoms with E-state index in [1.807, 2.05) is 6.92 Å². The molecule has 0 radical (unpaired) electrons. The Balaban J connectivity index is 3.21. The van der Waals surface area contributed by atoms with Gasteiger partial charge in [0, 0.05) is 12.8 Å². The molecule has 148 valence electrons. The Bertz CT molecular complexity index is 315. The standard InChI is InChI=1S/C21H40O4/c1-3-5-6-7-10-13-16-19-25-21(23)18-15-12-9-8-11-14-17-20(22)24-4-2/h3-19H2,1-2H3. The second kappa shape index (κ2) is 19.3. The molecular weight excluding hydrogens is 316 g/mol. The van der Waals surface area contributed by atoms with Crippen molar-refractivity contribution >= 4 is 11.9 Å². The summed E-state index contributed by atoms with van der Waals surface area (Å²) >= 11 is 0. The fourth-order valence-electron chi connectivity index (χ4n) is 2.80. The number of carbonyl (C=O) groups is 2. The van der Waals surface area contributed by atoms with E-state index in [0.717, 1.165) is 44.9 Å². The molecule has 0 N–H and O–H groups in total. The van der Waals surface area contributed by atoms with Gasteiger partial charge in [-0.05, 0) is 26.2 Å². The maximum Gasteiger partial charge on any atom is 0.305 e. The minimum atomic E-state index is -0.0915. The van der Waals surface area contributed by atoms with Crippen LogP contribution < -0.4 is 0 Å². The van der Waals surface area contributed by atoms with Gasteiger partial charge in [-0.1, -0.05) is 71.1 Å². The van der Waals surface area contributed by atoms with E-state index < -0.39 is 0 Å². The van der Waals surface area contributed by atoms with Crippen LogP contribution in [0.1, 0.15) is 110 Å². The van der Waals surface area contributed by atoms with Crippen molar-refractivity contribution in [2.24, 2.45) is 0 Å². The van der Waals surface area contributed by atoms with Crippen molar-refractivity contribution in [2.45, 2.75) is 110 Å². The van der Waals surface area contributed by atoms with E-state index in [2.05, 4.69) is 6.92 Å². The minimum Gasteiger partial charge on any atom is -0.466 e. The number of hydrogen-bond acceptors (Lipinski definition) is 4. The molecule has 25 heavy (non-hydrogen) atoms. The fraction of sp³-hybridized carbons (Fsp3) is 0.905. The second-order valence-electron chi connectivity index (χ2n) is 6.77. The van der Waals surface area contributed by atoms with Gasteiger partial charge < -0.3 is 9.47 Å². The van der Waals surface area contributed by atoms with Crippen molar-refractivity contribution < 1.29 is 19.1 Å². The predicted molar refractivity (Wildman–Crippen MR) is 103 cm³/mol. The number of unbranched alkanes of at least 4 members (excludes halogenated alkanes) is 11. The third kappa shape index (κ3) is 19.1. The van der Waals surface area contributed by atoms with Crippen molar-refractivity contribution in [1.29, 1.82) is 0 Å². The first-order valence-electron chi connectivity index (χ1n) is 10.5. The molecule has 0 atom stereocenters. The van der Waals surface area contributed by atoms with E-state index in [0.29, 0.717) is 26.1 Å². The van der Waals surface area contributed by atoms with Crippen molar-refractivity contribution in [3.63, 3.8) is 0 Å². The summed E-state index contributed by atoms with van der Waals surface area (Å²) in [7, 11) is 0. The highest BCUT2D eigenvalue weighted by Gasteiger charge is 2.03. The highest BCUT2D eigenvalue weighted by Crippen LogP contribution is 2.10. The number of rotatable bonds is 18. The third-order valence-electron chi connectivity index (χ3n) is 4.33. The van der Waals surface area contributed by atoms with Gasteiger partial charge in [-0.2, -0.15) is 0 Å². The van der Waals surface area contributed by atoms with Gasteiger partial charge in [0.25, 0.3) is 0 Å². The third-order valence-corrected chi connectivity index (χ3v) is 4.33. The quantitative estimate of drug-likeness (QED) is 0.224. The summed E-state index contributed by atoms with van der Waals surface area (Å²) in [5.41, 5.74) is 0. The topological polar surface area (TPSA) is 52.6 Å². The SMILES string of the molecule is CCCCCCCCCOC(=O)CCCCCCCCC(=O)OCC. The molecule has 0 aromatic heterocycles. The fourth-order valence-corrected chi connectivity index (χ4v) is 2.80. The predicted octanol–water partition coefficient (Wildman–Crippen LogP) is 5.96. The van der Waals surface area contributed by atoms with Crippen LogP contribution >= 0.6 is 0 Å². The molecule has 0 aliphatic carbocycles. The van der Waals surface area contributed by atoms with Crippen LogP contribution in [0.25, 0.3) is 0 Å². The van der Waals surface area contributed by atoms with Crippen molar-refractivity contribution in [2.75, 3.05) is 13.2 Å². The molecule has 0 aromatic rings. The molecule has 0 aliphatic rings. The summed E-state index contributed by atoms with van der Waals surface area (Å²) < 4.78 is 10.2. The summed E-state index contributed by atoms with van der Waals surface area (Å²) in [6, 6.07) is 0. The monoisotopic (exact) mass is 356 g/mol. The van der Waals surface area contributed by atoms with Crippen LogP contribution in [0, 0.1) is 0 Å². The lowest BCUT2D eigenvalue weighted by atomic mass is 10.1. The van der Waals surface area contributed by atoms with Crippen LogP contribution in [0.4, 0.5) is 0 Å². The lowest BCUT2D eigenvalue weighted by Crippen LogP contribution is -2.05. The molecule has 4 nitrogen and oxygen atoms in total. The normalized spacial score (nSPS) is 10.6. The van der Waals surface area contributed by atoms with Crippen LogP contribution in [-0.2, 0) is 19.1 Å². The van der Waals surface area contributed by atoms with Crippen LogP contribution in [0.15, 0.2) is 0 Å². The van der Waals surface area contributed by atoms with E-state index >= 15 is 0 Å². The second-order valence-corrected chi connectivity index (χ2v) is 6.77. The molecule has 0 aromatic carbocycles. The Labute approximate surface area is 155 Å². The van der Waals surface area contributed by atoms with Crippen molar-refractivity contribution in [1.82, 2.24) is 0 Å². The zero-order valence-corrected chi connectivity index (χ0v) is 16.7. The molecule has 4 heteroatoms. The van der Waals surface area contributed by atoms with Gasteiger partial charge in [0.1, 0.15) is 0 Å². The summed E-state index contributed by atoms with van der Waals surface area (Å²) in [5.74, 6) is -0.139. The van der Waals surface area contributed by atoms with E-state index in [-0.39, 0.29) is 11.9 Å². The van der Waals surface area contributed by atoms with Gasteiger partial charge in [-0.3, -0.25) is 9.59 Å². The van der Waals surface area contributed by atoms with Crippen LogP contribution in [0.5, 0.6) is 0 Å². The maximum atomic E-state index is 11.6. The molecule has 0 unspecified atom stereocenters. The molecule has 0 rings (SSSR count). The zero-order chi connectivity index (χ0) is 18.6. The van der Waals surface area contributed by atoms with Crippen LogP contribution in [0.3, 0.4) is 0 Å². The lowest BCUT2D eigenvalue weighted by molar-refractivity contribution is -0.144. The molecule has 0 saturated heterocycles. The van der Waals surface area contributed by atoms with E-state index in [4.69, 9.17) is 9.47 Å². The number of ether oxygens (including phenoxy) is 2. The summed E-state index contributed by atoms with van der Waals surface area (Å²) in [6.45, 7) is 5.11. The number of carbonyl (C=O) groups excluding carboxylic acids is 2. The van der Waals surface area contributed by atoms with Gasteiger partial charge in [-0.25, -0.2) is 0 Å². The smallest absolute Gasteiger partial charge is 0.305 e. The molecule has 0 spiro atoms. The average molecular weight is 357 g/mol. The Morgan fingerprint density at radius 3 is 1.52 bits per heavy atom. The van der Waals surface area contributed by atoms with Gasteiger partial charge >= 0.3 is 11.9 Å². The molecule has 0 aliphatic heterocycles. The first-order valence-corrected chi connectivity index (χ1v) is 10.5. The Morgan fingerprint density at radius 2 is 1.00 bits per heavy atom. The molecule has 0 amide bonds. The van der Waals surface area contributed by atoms with Crippen molar-refractivity contribution in [3.8, 4) is 0 Å². The summed E-state index contributed by atoms with van der Waals surface area (Å²) in [6.07, 6.45) is 15.9. The van der Waals surface area contributed by atoms with E-state index in [1.165, 1.54) is 38.5 Å². The van der Waals surface area contributed by atoms with E-state index in [9.17, 15) is 9.59 Å². The Morgan fingerprint density at radius 1 is 0.560 bits per heavy atom. The minimum absolute atomic E-state index is 0.0479. The van der Waals surface area contributed by atoms with Crippen LogP contribution in [-0.4, -0.2) is 25.2 Å². The maximum absolute atomic E-state index is 11.6. The summed E-state index contributed by atoms with van der Waals surface area (Å²) in [4.78, 5) is 22.8. The first-order chi connectivity index (χ1) is 12.2. The first kappa shape index (κ1) is 23.9. The molecular formula is C21H40O4. The molecule has 0 bridgehead atoms. The van der Waals surface area contributed by atoms with Gasteiger partial charge in [0.15, 0.2) is 0 Å².